The van der Waals surface area contributed by atoms with E-state index in [-0.39, 0.29) is 6.01 Å². The van der Waals surface area contributed by atoms with Crippen LogP contribution in [0.1, 0.15) is 24.5 Å². The number of aryl methyl sites for hydroxylation is 2. The molecule has 2 aromatic carbocycles. The van der Waals surface area contributed by atoms with Gasteiger partial charge in [-0.3, -0.25) is 0 Å². The fourth-order valence-electron chi connectivity index (χ4n) is 2.81. The molecule has 7 heteroatoms. The number of hydrogen-bond acceptors (Lipinski definition) is 6. The van der Waals surface area contributed by atoms with E-state index in [1.165, 1.54) is 0 Å². The quantitative estimate of drug-likeness (QED) is 0.381. The van der Waals surface area contributed by atoms with Gasteiger partial charge in [0.2, 0.25) is 5.89 Å². The third kappa shape index (κ3) is 4.17. The number of rotatable bonds is 6. The lowest BCUT2D eigenvalue weighted by Gasteiger charge is -2.08. The molecule has 2 heterocycles. The molecule has 0 spiro atoms. The van der Waals surface area contributed by atoms with Crippen molar-refractivity contribution in [3.8, 4) is 29.1 Å². The molecule has 4 rings (SSSR count). The maximum atomic E-state index is 6.27. The van der Waals surface area contributed by atoms with Crippen LogP contribution < -0.4 is 9.47 Å². The lowest BCUT2D eigenvalue weighted by molar-refractivity contribution is 0.302. The molecular weight excluding hydrogens is 390 g/mol. The average molecular weight is 410 g/mol. The number of ether oxygens (including phenoxy) is 2. The zero-order valence-electron chi connectivity index (χ0n) is 16.4. The predicted octanol–water partition coefficient (Wildman–Crippen LogP) is 6.14. The largest absolute Gasteiger partial charge is 0.476 e. The fourth-order valence-corrected chi connectivity index (χ4v) is 3.09. The van der Waals surface area contributed by atoms with E-state index in [0.29, 0.717) is 40.4 Å². The Balaban J connectivity index is 1.77. The Morgan fingerprint density at radius 1 is 1.00 bits per heavy atom. The summed E-state index contributed by atoms with van der Waals surface area (Å²) in [5.41, 5.74) is 3.74. The Morgan fingerprint density at radius 3 is 2.59 bits per heavy atom. The van der Waals surface area contributed by atoms with Crippen LogP contribution in [-0.2, 0) is 0 Å². The number of nitrogens with zero attached hydrogens (tertiary/aromatic N) is 3. The lowest BCUT2D eigenvalue weighted by atomic mass is 10.1. The Labute approximate surface area is 173 Å². The first-order valence-corrected chi connectivity index (χ1v) is 9.73. The molecule has 0 fully saturated rings. The van der Waals surface area contributed by atoms with Gasteiger partial charge in [-0.2, -0.15) is 9.97 Å². The summed E-state index contributed by atoms with van der Waals surface area (Å²) in [6.45, 7) is 6.47. The zero-order chi connectivity index (χ0) is 20.4. The number of hydrogen-bond donors (Lipinski definition) is 0. The molecule has 4 aromatic rings. The van der Waals surface area contributed by atoms with Crippen molar-refractivity contribution >= 4 is 22.8 Å². The van der Waals surface area contributed by atoms with E-state index in [2.05, 4.69) is 15.0 Å². The van der Waals surface area contributed by atoms with E-state index in [9.17, 15) is 0 Å². The molecule has 0 aliphatic rings. The van der Waals surface area contributed by atoms with Crippen molar-refractivity contribution < 1.29 is 13.9 Å². The summed E-state index contributed by atoms with van der Waals surface area (Å²) >= 11 is 6.27. The van der Waals surface area contributed by atoms with Gasteiger partial charge < -0.3 is 13.9 Å². The highest BCUT2D eigenvalue weighted by molar-refractivity contribution is 6.32. The van der Waals surface area contributed by atoms with E-state index < -0.39 is 0 Å². The average Bonchev–Trinajstić information content (AvgIpc) is 3.13. The summed E-state index contributed by atoms with van der Waals surface area (Å²) in [6, 6.07) is 13.5. The number of fused-ring (bicyclic) bond motifs is 1. The van der Waals surface area contributed by atoms with Gasteiger partial charge in [-0.1, -0.05) is 42.3 Å². The zero-order valence-corrected chi connectivity index (χ0v) is 17.2. The lowest BCUT2D eigenvalue weighted by Crippen LogP contribution is -2.01. The highest BCUT2D eigenvalue weighted by Gasteiger charge is 2.19. The van der Waals surface area contributed by atoms with Gasteiger partial charge in [-0.05, 0) is 50.1 Å². The summed E-state index contributed by atoms with van der Waals surface area (Å²) in [5.74, 6) is 1.22. The Morgan fingerprint density at radius 2 is 1.83 bits per heavy atom. The van der Waals surface area contributed by atoms with Crippen molar-refractivity contribution in [3.05, 3.63) is 58.6 Å². The maximum Gasteiger partial charge on any atom is 0.328 e. The molecule has 0 unspecified atom stereocenters. The summed E-state index contributed by atoms with van der Waals surface area (Å²) in [4.78, 5) is 13.3. The molecule has 0 amide bonds. The van der Waals surface area contributed by atoms with Gasteiger partial charge in [-0.25, -0.2) is 4.98 Å². The van der Waals surface area contributed by atoms with Crippen LogP contribution in [0.2, 0.25) is 5.02 Å². The number of oxazole rings is 1. The van der Waals surface area contributed by atoms with Gasteiger partial charge in [0.1, 0.15) is 5.75 Å². The molecule has 0 N–H and O–H groups in total. The van der Waals surface area contributed by atoms with Crippen molar-refractivity contribution in [2.24, 2.45) is 0 Å². The number of aromatic nitrogens is 3. The monoisotopic (exact) mass is 409 g/mol. The van der Waals surface area contributed by atoms with Crippen LogP contribution in [-0.4, -0.2) is 21.6 Å². The number of benzene rings is 2. The molecule has 0 aliphatic heterocycles. The first kappa shape index (κ1) is 19.2. The van der Waals surface area contributed by atoms with Crippen LogP contribution in [0, 0.1) is 13.8 Å². The second kappa shape index (κ2) is 8.09. The Kier molecular flexibility index (Phi) is 5.36. The molecule has 0 saturated carbocycles. The van der Waals surface area contributed by atoms with Crippen molar-refractivity contribution in [1.29, 1.82) is 0 Å². The number of halogens is 1. The summed E-state index contributed by atoms with van der Waals surface area (Å²) < 4.78 is 17.5. The third-order valence-corrected chi connectivity index (χ3v) is 4.50. The van der Waals surface area contributed by atoms with E-state index in [1.807, 2.05) is 57.2 Å². The van der Waals surface area contributed by atoms with Gasteiger partial charge in [0.15, 0.2) is 5.52 Å². The molecule has 148 valence electrons. The van der Waals surface area contributed by atoms with Gasteiger partial charge >= 0.3 is 6.01 Å². The first-order valence-electron chi connectivity index (χ1n) is 9.36. The van der Waals surface area contributed by atoms with Crippen LogP contribution in [0.4, 0.5) is 0 Å². The smallest absolute Gasteiger partial charge is 0.328 e. The van der Waals surface area contributed by atoms with E-state index in [4.69, 9.17) is 25.5 Å². The molecule has 0 atom stereocenters. The summed E-state index contributed by atoms with van der Waals surface area (Å²) in [6.07, 6.45) is 0.827. The normalized spacial score (nSPS) is 11.0. The van der Waals surface area contributed by atoms with Crippen molar-refractivity contribution in [2.45, 2.75) is 27.2 Å². The molecule has 0 bridgehead atoms. The summed E-state index contributed by atoms with van der Waals surface area (Å²) in [5, 5.41) is 0.475. The molecule has 2 aromatic heterocycles. The van der Waals surface area contributed by atoms with Crippen molar-refractivity contribution in [1.82, 2.24) is 15.0 Å². The van der Waals surface area contributed by atoms with Crippen LogP contribution in [0.25, 0.3) is 22.7 Å². The molecule has 0 saturated heterocycles. The summed E-state index contributed by atoms with van der Waals surface area (Å²) in [7, 11) is 0. The first-order chi connectivity index (χ1) is 14.0. The van der Waals surface area contributed by atoms with Gasteiger partial charge in [-0.15, -0.1) is 0 Å². The van der Waals surface area contributed by atoms with E-state index in [0.717, 1.165) is 23.1 Å². The molecule has 0 aliphatic carbocycles. The van der Waals surface area contributed by atoms with Gasteiger partial charge in [0.25, 0.3) is 11.6 Å². The highest BCUT2D eigenvalue weighted by atomic mass is 35.5. The Bertz CT molecular complexity index is 1170. The highest BCUT2D eigenvalue weighted by Crippen LogP contribution is 2.33. The van der Waals surface area contributed by atoms with Crippen LogP contribution in [0.5, 0.6) is 17.6 Å². The standard InChI is InChI=1S/C22H20ClN3O3/c1-4-10-27-20-18-21(29-19(24-18)15-7-5-6-13(2)11-15)26-22(25-20)28-17-9-8-14(3)12-16(17)23/h5-9,11-12H,4,10H2,1-3H3. The Hall–Kier alpha value is -3.12. The minimum absolute atomic E-state index is 0.0845. The maximum absolute atomic E-state index is 6.27. The second-order valence-corrected chi connectivity index (χ2v) is 7.15. The molecule has 0 radical (unpaired) electrons. The van der Waals surface area contributed by atoms with Crippen molar-refractivity contribution in [2.75, 3.05) is 6.61 Å². The SMILES string of the molecule is CCCOc1nc(Oc2ccc(C)cc2Cl)nc2oc(-c3cccc(C)c3)nc12. The van der Waals surface area contributed by atoms with Gasteiger partial charge in [0.05, 0.1) is 11.6 Å². The van der Waals surface area contributed by atoms with Crippen LogP contribution in [0.15, 0.2) is 46.9 Å². The minimum atomic E-state index is 0.0845. The fraction of sp³-hybridized carbons (Fsp3) is 0.227. The van der Waals surface area contributed by atoms with Crippen molar-refractivity contribution in [3.63, 3.8) is 0 Å². The van der Waals surface area contributed by atoms with E-state index in [1.54, 1.807) is 6.07 Å². The molecular formula is C22H20ClN3O3. The predicted molar refractivity (Wildman–Crippen MR) is 112 cm³/mol. The van der Waals surface area contributed by atoms with Crippen LogP contribution in [0.3, 0.4) is 0 Å². The van der Waals surface area contributed by atoms with Crippen LogP contribution >= 0.6 is 11.6 Å². The molecule has 6 nitrogen and oxygen atoms in total. The minimum Gasteiger partial charge on any atom is -0.476 e. The topological polar surface area (TPSA) is 70.3 Å². The second-order valence-electron chi connectivity index (χ2n) is 6.74. The van der Waals surface area contributed by atoms with E-state index >= 15 is 0 Å². The van der Waals surface area contributed by atoms with Gasteiger partial charge in [0, 0.05) is 5.56 Å². The molecule has 29 heavy (non-hydrogen) atoms. The third-order valence-electron chi connectivity index (χ3n) is 4.20.